The lowest BCUT2D eigenvalue weighted by molar-refractivity contribution is -0.129. The molecule has 0 aliphatic heterocycles. The minimum absolute atomic E-state index is 0.0303. The van der Waals surface area contributed by atoms with E-state index in [4.69, 9.17) is 0 Å². The number of benzene rings is 1. The maximum atomic E-state index is 12.8. The number of aromatic amines is 1. The highest BCUT2D eigenvalue weighted by Gasteiger charge is 2.26. The van der Waals surface area contributed by atoms with Gasteiger partial charge in [-0.1, -0.05) is 24.3 Å². The number of aryl methyl sites for hydroxylation is 3. The van der Waals surface area contributed by atoms with Crippen LogP contribution in [0.25, 0.3) is 10.2 Å². The van der Waals surface area contributed by atoms with Crippen molar-refractivity contribution in [2.24, 2.45) is 0 Å². The molecular weight excluding hydrogens is 414 g/mol. The number of fused-ring (bicyclic) bond motifs is 4. The lowest BCUT2D eigenvalue weighted by Crippen LogP contribution is -2.34. The third-order valence-corrected chi connectivity index (χ3v) is 8.40. The molecule has 0 fully saturated rings. The van der Waals surface area contributed by atoms with Crippen LogP contribution in [0.4, 0.5) is 0 Å². The number of thioether (sulfide) groups is 1. The first-order valence-corrected chi connectivity index (χ1v) is 12.5. The molecule has 30 heavy (non-hydrogen) atoms. The zero-order valence-corrected chi connectivity index (χ0v) is 18.7. The van der Waals surface area contributed by atoms with Gasteiger partial charge in [0.25, 0.3) is 5.56 Å². The Hall–Kier alpha value is -2.12. The summed E-state index contributed by atoms with van der Waals surface area (Å²) in [6.45, 7) is 0. The average molecular weight is 440 g/mol. The Kier molecular flexibility index (Phi) is 5.41. The van der Waals surface area contributed by atoms with Gasteiger partial charge in [-0.15, -0.1) is 23.1 Å². The summed E-state index contributed by atoms with van der Waals surface area (Å²) >= 11 is 3.17. The molecule has 1 amide bonds. The van der Waals surface area contributed by atoms with E-state index in [2.05, 4.69) is 34.2 Å². The molecule has 0 saturated heterocycles. The number of hydrogen-bond acceptors (Lipinski definition) is 5. The number of nitrogens with one attached hydrogen (secondary N) is 1. The van der Waals surface area contributed by atoms with E-state index in [1.165, 1.54) is 33.3 Å². The fraction of sp³-hybridized carbons (Fsp3) is 0.435. The van der Waals surface area contributed by atoms with Gasteiger partial charge < -0.3 is 9.88 Å². The Morgan fingerprint density at radius 2 is 2.13 bits per heavy atom. The van der Waals surface area contributed by atoms with Crippen LogP contribution in [0.1, 0.15) is 52.7 Å². The zero-order valence-electron chi connectivity index (χ0n) is 17.1. The van der Waals surface area contributed by atoms with E-state index in [0.717, 1.165) is 48.7 Å². The van der Waals surface area contributed by atoms with Gasteiger partial charge in [0.05, 0.1) is 22.9 Å². The van der Waals surface area contributed by atoms with Crippen LogP contribution in [0.5, 0.6) is 0 Å². The van der Waals surface area contributed by atoms with Gasteiger partial charge in [-0.2, -0.15) is 0 Å². The Morgan fingerprint density at radius 1 is 1.27 bits per heavy atom. The molecule has 2 aromatic heterocycles. The minimum Gasteiger partial charge on any atom is -0.338 e. The topological polar surface area (TPSA) is 66.1 Å². The van der Waals surface area contributed by atoms with Crippen LogP contribution in [0.3, 0.4) is 0 Å². The van der Waals surface area contributed by atoms with Crippen LogP contribution >= 0.6 is 23.1 Å². The number of amides is 1. The predicted molar refractivity (Wildman–Crippen MR) is 123 cm³/mol. The Morgan fingerprint density at radius 3 is 3.03 bits per heavy atom. The SMILES string of the molecule is CN(C(=O)CSCc1nc2sc3c(c2c(=O)[nH]1)CCC3)C1CCCc2ccccc21. The average Bonchev–Trinajstić information content (AvgIpc) is 3.33. The van der Waals surface area contributed by atoms with Gasteiger partial charge in [0.15, 0.2) is 0 Å². The van der Waals surface area contributed by atoms with Gasteiger partial charge in [-0.25, -0.2) is 4.98 Å². The summed E-state index contributed by atoms with van der Waals surface area (Å²) in [4.78, 5) is 37.1. The zero-order chi connectivity index (χ0) is 20.7. The van der Waals surface area contributed by atoms with Crippen LogP contribution in [0.15, 0.2) is 29.1 Å². The number of aromatic nitrogens is 2. The highest BCUT2D eigenvalue weighted by atomic mass is 32.2. The molecule has 1 aromatic carbocycles. The van der Waals surface area contributed by atoms with Crippen molar-refractivity contribution in [2.45, 2.75) is 50.3 Å². The quantitative estimate of drug-likeness (QED) is 0.646. The van der Waals surface area contributed by atoms with E-state index in [1.807, 2.05) is 11.9 Å². The monoisotopic (exact) mass is 439 g/mol. The summed E-state index contributed by atoms with van der Waals surface area (Å²) in [6.07, 6.45) is 6.40. The summed E-state index contributed by atoms with van der Waals surface area (Å²) in [5.74, 6) is 1.71. The first-order chi connectivity index (χ1) is 14.6. The molecule has 1 unspecified atom stereocenters. The third kappa shape index (κ3) is 3.58. The molecule has 156 valence electrons. The fourth-order valence-electron chi connectivity index (χ4n) is 4.76. The number of carbonyl (C=O) groups excluding carboxylic acids is 1. The first-order valence-electron chi connectivity index (χ1n) is 10.6. The Balaban J connectivity index is 1.24. The summed E-state index contributed by atoms with van der Waals surface area (Å²) in [7, 11) is 1.91. The van der Waals surface area contributed by atoms with Crippen molar-refractivity contribution in [3.63, 3.8) is 0 Å². The lowest BCUT2D eigenvalue weighted by Gasteiger charge is -2.33. The summed E-state index contributed by atoms with van der Waals surface area (Å²) < 4.78 is 0. The fourth-order valence-corrected chi connectivity index (χ4v) is 6.85. The highest BCUT2D eigenvalue weighted by Crippen LogP contribution is 2.35. The molecule has 2 heterocycles. The minimum atomic E-state index is -0.0303. The van der Waals surface area contributed by atoms with Gasteiger partial charge in [0.1, 0.15) is 10.7 Å². The Bertz CT molecular complexity index is 1170. The second-order valence-corrected chi connectivity index (χ2v) is 10.2. The number of rotatable bonds is 5. The standard InChI is InChI=1S/C23H25N3O2S2/c1-26(17-10-4-7-14-6-2-3-8-15(14)17)20(27)13-29-12-19-24-22(28)21-16-9-5-11-18(16)30-23(21)25-19/h2-3,6,8,17H,4-5,7,9-13H2,1H3,(H,24,25,28). The number of hydrogen-bond donors (Lipinski definition) is 1. The largest absolute Gasteiger partial charge is 0.338 e. The summed E-state index contributed by atoms with van der Waals surface area (Å²) in [6, 6.07) is 8.62. The van der Waals surface area contributed by atoms with Gasteiger partial charge >= 0.3 is 0 Å². The molecule has 0 saturated carbocycles. The van der Waals surface area contributed by atoms with Crippen molar-refractivity contribution in [1.82, 2.24) is 14.9 Å². The number of H-pyrrole nitrogens is 1. The maximum absolute atomic E-state index is 12.8. The van der Waals surface area contributed by atoms with Crippen molar-refractivity contribution < 1.29 is 4.79 Å². The predicted octanol–water partition coefficient (Wildman–Crippen LogP) is 4.24. The highest BCUT2D eigenvalue weighted by molar-refractivity contribution is 7.99. The molecule has 5 rings (SSSR count). The molecule has 2 aliphatic carbocycles. The molecule has 7 heteroatoms. The van der Waals surface area contributed by atoms with Crippen LogP contribution < -0.4 is 5.56 Å². The van der Waals surface area contributed by atoms with Gasteiger partial charge in [0, 0.05) is 11.9 Å². The van der Waals surface area contributed by atoms with E-state index >= 15 is 0 Å². The van der Waals surface area contributed by atoms with Gasteiger partial charge in [-0.05, 0) is 55.2 Å². The van der Waals surface area contributed by atoms with E-state index in [1.54, 1.807) is 11.3 Å². The van der Waals surface area contributed by atoms with Gasteiger partial charge in [0.2, 0.25) is 5.91 Å². The van der Waals surface area contributed by atoms with Crippen molar-refractivity contribution in [3.8, 4) is 0 Å². The number of nitrogens with zero attached hydrogens (tertiary/aromatic N) is 2. The number of thiophene rings is 1. The van der Waals surface area contributed by atoms with Crippen LogP contribution in [-0.2, 0) is 29.8 Å². The van der Waals surface area contributed by atoms with Crippen LogP contribution in [0, 0.1) is 0 Å². The molecule has 0 spiro atoms. The van der Waals surface area contributed by atoms with Gasteiger partial charge in [-0.3, -0.25) is 9.59 Å². The molecule has 1 N–H and O–H groups in total. The van der Waals surface area contributed by atoms with E-state index in [0.29, 0.717) is 17.3 Å². The smallest absolute Gasteiger partial charge is 0.259 e. The van der Waals surface area contributed by atoms with Crippen LogP contribution in [-0.4, -0.2) is 33.6 Å². The third-order valence-electron chi connectivity index (χ3n) is 6.29. The molecular formula is C23H25N3O2S2. The van der Waals surface area contributed by atoms with E-state index < -0.39 is 0 Å². The molecule has 1 atom stereocenters. The second kappa shape index (κ2) is 8.19. The molecule has 2 aliphatic rings. The van der Waals surface area contributed by atoms with Crippen molar-refractivity contribution in [1.29, 1.82) is 0 Å². The maximum Gasteiger partial charge on any atom is 0.259 e. The second-order valence-electron chi connectivity index (χ2n) is 8.15. The molecule has 0 bridgehead atoms. The van der Waals surface area contributed by atoms with Crippen molar-refractivity contribution >= 4 is 39.2 Å². The molecule has 3 aromatic rings. The first kappa shape index (κ1) is 19.8. The summed E-state index contributed by atoms with van der Waals surface area (Å²) in [5, 5.41) is 0.785. The number of carbonyl (C=O) groups is 1. The Labute approximate surface area is 183 Å². The normalized spacial score (nSPS) is 17.7. The van der Waals surface area contributed by atoms with Crippen molar-refractivity contribution in [2.75, 3.05) is 12.8 Å². The summed E-state index contributed by atoms with van der Waals surface area (Å²) in [5.41, 5.74) is 3.82. The van der Waals surface area contributed by atoms with Crippen molar-refractivity contribution in [3.05, 3.63) is 62.0 Å². The van der Waals surface area contributed by atoms with Crippen LogP contribution in [0.2, 0.25) is 0 Å². The molecule has 5 nitrogen and oxygen atoms in total. The van der Waals surface area contributed by atoms with E-state index in [9.17, 15) is 9.59 Å². The molecule has 0 radical (unpaired) electrons. The lowest BCUT2D eigenvalue weighted by atomic mass is 9.87. The van der Waals surface area contributed by atoms with E-state index in [-0.39, 0.29) is 17.5 Å².